The summed E-state index contributed by atoms with van der Waals surface area (Å²) in [7, 11) is 0. The second-order valence-electron chi connectivity index (χ2n) is 5.69. The Kier molecular flexibility index (Phi) is 5.02. The predicted molar refractivity (Wildman–Crippen MR) is 80.1 cm³/mol. The fourth-order valence-corrected chi connectivity index (χ4v) is 2.29. The second-order valence-corrected chi connectivity index (χ2v) is 6.13. The van der Waals surface area contributed by atoms with Gasteiger partial charge < -0.3 is 15.4 Å². The van der Waals surface area contributed by atoms with Crippen LogP contribution < -0.4 is 10.6 Å². The Bertz CT molecular complexity index is 453. The van der Waals surface area contributed by atoms with Crippen molar-refractivity contribution in [2.24, 2.45) is 0 Å². The summed E-state index contributed by atoms with van der Waals surface area (Å²) in [4.78, 5) is 12.1. The van der Waals surface area contributed by atoms with Gasteiger partial charge in [0.1, 0.15) is 6.04 Å². The van der Waals surface area contributed by atoms with Crippen LogP contribution >= 0.6 is 11.6 Å². The lowest BCUT2D eigenvalue weighted by atomic mass is 9.84. The van der Waals surface area contributed by atoms with E-state index in [1.165, 1.54) is 0 Å². The number of carbonyl (C=O) groups excluding carboxylic acids is 1. The van der Waals surface area contributed by atoms with E-state index in [0.29, 0.717) is 19.8 Å². The van der Waals surface area contributed by atoms with Gasteiger partial charge in [0, 0.05) is 23.5 Å². The van der Waals surface area contributed by atoms with Gasteiger partial charge in [0.25, 0.3) is 0 Å². The molecule has 1 heterocycles. The Hall–Kier alpha value is -1.10. The summed E-state index contributed by atoms with van der Waals surface area (Å²) in [5.74, 6) is -0.00765. The average molecular weight is 297 g/mol. The molecule has 0 aliphatic carbocycles. The minimum absolute atomic E-state index is 0.00765. The SMILES string of the molecule is CC(C)(CNC(=O)C1COCCN1)c1ccc(Cl)cc1. The van der Waals surface area contributed by atoms with Crippen molar-refractivity contribution < 1.29 is 9.53 Å². The van der Waals surface area contributed by atoms with Crippen molar-refractivity contribution in [2.45, 2.75) is 25.3 Å². The van der Waals surface area contributed by atoms with Crippen LogP contribution in [0.2, 0.25) is 5.02 Å². The lowest BCUT2D eigenvalue weighted by Gasteiger charge is -2.28. The van der Waals surface area contributed by atoms with Gasteiger partial charge in [0.2, 0.25) is 5.91 Å². The molecule has 2 N–H and O–H groups in total. The number of benzene rings is 1. The standard InChI is InChI=1S/C15H21ClN2O2/c1-15(2,11-3-5-12(16)6-4-11)10-18-14(19)13-9-20-8-7-17-13/h3-6,13,17H,7-10H2,1-2H3,(H,18,19). The third-order valence-electron chi connectivity index (χ3n) is 3.57. The molecule has 1 unspecified atom stereocenters. The molecule has 5 heteroatoms. The van der Waals surface area contributed by atoms with Crippen LogP contribution in [-0.2, 0) is 14.9 Å². The molecule has 1 fully saturated rings. The van der Waals surface area contributed by atoms with Gasteiger partial charge in [0.15, 0.2) is 0 Å². The normalized spacial score (nSPS) is 19.6. The van der Waals surface area contributed by atoms with E-state index >= 15 is 0 Å². The number of rotatable bonds is 4. The van der Waals surface area contributed by atoms with Crippen molar-refractivity contribution in [2.75, 3.05) is 26.3 Å². The minimum atomic E-state index is -0.246. The van der Waals surface area contributed by atoms with Gasteiger partial charge in [0.05, 0.1) is 13.2 Å². The van der Waals surface area contributed by atoms with Crippen LogP contribution in [0.25, 0.3) is 0 Å². The Balaban J connectivity index is 1.91. The van der Waals surface area contributed by atoms with Crippen molar-refractivity contribution in [1.29, 1.82) is 0 Å². The Morgan fingerprint density at radius 3 is 2.75 bits per heavy atom. The number of carbonyl (C=O) groups is 1. The number of morpholine rings is 1. The first-order valence-electron chi connectivity index (χ1n) is 6.84. The summed E-state index contributed by atoms with van der Waals surface area (Å²) in [5.41, 5.74) is 1.01. The summed E-state index contributed by atoms with van der Waals surface area (Å²) in [6, 6.07) is 7.49. The molecule has 0 bridgehead atoms. The van der Waals surface area contributed by atoms with Crippen LogP contribution in [0.5, 0.6) is 0 Å². The fourth-order valence-electron chi connectivity index (χ4n) is 2.17. The van der Waals surface area contributed by atoms with Crippen LogP contribution in [0.1, 0.15) is 19.4 Å². The molecule has 1 aliphatic rings. The minimum Gasteiger partial charge on any atom is -0.378 e. The largest absolute Gasteiger partial charge is 0.378 e. The number of nitrogens with one attached hydrogen (secondary N) is 2. The van der Waals surface area contributed by atoms with Crippen LogP contribution in [-0.4, -0.2) is 38.3 Å². The second kappa shape index (κ2) is 6.57. The zero-order chi connectivity index (χ0) is 14.6. The van der Waals surface area contributed by atoms with Crippen molar-refractivity contribution in [3.8, 4) is 0 Å². The molecule has 1 amide bonds. The maximum Gasteiger partial charge on any atom is 0.239 e. The molecule has 1 aromatic rings. The third kappa shape index (κ3) is 3.95. The number of halogens is 1. The Morgan fingerprint density at radius 2 is 2.15 bits per heavy atom. The monoisotopic (exact) mass is 296 g/mol. The maximum absolute atomic E-state index is 12.1. The van der Waals surface area contributed by atoms with Gasteiger partial charge in [-0.15, -0.1) is 0 Å². The average Bonchev–Trinajstić information content (AvgIpc) is 2.46. The van der Waals surface area contributed by atoms with Gasteiger partial charge in [-0.3, -0.25) is 4.79 Å². The molecule has 0 spiro atoms. The van der Waals surface area contributed by atoms with E-state index in [-0.39, 0.29) is 17.4 Å². The first-order chi connectivity index (χ1) is 9.49. The van der Waals surface area contributed by atoms with E-state index in [2.05, 4.69) is 24.5 Å². The van der Waals surface area contributed by atoms with E-state index in [1.54, 1.807) is 0 Å². The van der Waals surface area contributed by atoms with E-state index in [1.807, 2.05) is 24.3 Å². The van der Waals surface area contributed by atoms with E-state index in [9.17, 15) is 4.79 Å². The topological polar surface area (TPSA) is 50.4 Å². The van der Waals surface area contributed by atoms with Gasteiger partial charge in [-0.25, -0.2) is 0 Å². The molecule has 1 aliphatic heterocycles. The van der Waals surface area contributed by atoms with Crippen LogP contribution in [0, 0.1) is 0 Å². The molecule has 20 heavy (non-hydrogen) atoms. The highest BCUT2D eigenvalue weighted by molar-refractivity contribution is 6.30. The maximum atomic E-state index is 12.1. The lowest BCUT2D eigenvalue weighted by Crippen LogP contribution is -2.52. The number of ether oxygens (including phenoxy) is 1. The molecule has 1 atom stereocenters. The molecule has 2 rings (SSSR count). The van der Waals surface area contributed by atoms with Gasteiger partial charge in [-0.2, -0.15) is 0 Å². The molecule has 110 valence electrons. The fraction of sp³-hybridized carbons (Fsp3) is 0.533. The van der Waals surface area contributed by atoms with Gasteiger partial charge in [-0.1, -0.05) is 37.6 Å². The van der Waals surface area contributed by atoms with E-state index < -0.39 is 0 Å². The number of hydrogen-bond donors (Lipinski definition) is 2. The molecule has 1 aromatic carbocycles. The first kappa shape index (κ1) is 15.3. The first-order valence-corrected chi connectivity index (χ1v) is 7.22. The smallest absolute Gasteiger partial charge is 0.239 e. The number of hydrogen-bond acceptors (Lipinski definition) is 3. The molecule has 1 saturated heterocycles. The highest BCUT2D eigenvalue weighted by Gasteiger charge is 2.25. The quantitative estimate of drug-likeness (QED) is 0.889. The van der Waals surface area contributed by atoms with Crippen molar-refractivity contribution in [1.82, 2.24) is 10.6 Å². The summed E-state index contributed by atoms with van der Waals surface area (Å²) in [5, 5.41) is 6.86. The Morgan fingerprint density at radius 1 is 1.45 bits per heavy atom. The highest BCUT2D eigenvalue weighted by atomic mass is 35.5. The summed E-state index contributed by atoms with van der Waals surface area (Å²) >= 11 is 5.90. The zero-order valence-corrected chi connectivity index (χ0v) is 12.7. The summed E-state index contributed by atoms with van der Waals surface area (Å²) in [6.07, 6.45) is 0. The number of amides is 1. The van der Waals surface area contributed by atoms with Crippen LogP contribution in [0.4, 0.5) is 0 Å². The van der Waals surface area contributed by atoms with E-state index in [0.717, 1.165) is 17.1 Å². The predicted octanol–water partition coefficient (Wildman–Crippen LogP) is 1.72. The molecular formula is C15H21ClN2O2. The molecular weight excluding hydrogens is 276 g/mol. The highest BCUT2D eigenvalue weighted by Crippen LogP contribution is 2.23. The van der Waals surface area contributed by atoms with Crippen molar-refractivity contribution in [3.05, 3.63) is 34.9 Å². The zero-order valence-electron chi connectivity index (χ0n) is 11.9. The van der Waals surface area contributed by atoms with E-state index in [4.69, 9.17) is 16.3 Å². The summed E-state index contributed by atoms with van der Waals surface area (Å²) in [6.45, 7) is 6.60. The van der Waals surface area contributed by atoms with Crippen LogP contribution in [0.3, 0.4) is 0 Å². The molecule has 0 saturated carbocycles. The van der Waals surface area contributed by atoms with Crippen LogP contribution in [0.15, 0.2) is 24.3 Å². The van der Waals surface area contributed by atoms with Crippen molar-refractivity contribution >= 4 is 17.5 Å². The third-order valence-corrected chi connectivity index (χ3v) is 3.82. The Labute approximate surface area is 124 Å². The molecule has 4 nitrogen and oxygen atoms in total. The van der Waals surface area contributed by atoms with Crippen molar-refractivity contribution in [3.63, 3.8) is 0 Å². The van der Waals surface area contributed by atoms with Gasteiger partial charge in [-0.05, 0) is 17.7 Å². The molecule has 0 radical (unpaired) electrons. The lowest BCUT2D eigenvalue weighted by molar-refractivity contribution is -0.126. The molecule has 0 aromatic heterocycles. The summed E-state index contributed by atoms with van der Waals surface area (Å²) < 4.78 is 5.29. The van der Waals surface area contributed by atoms with Gasteiger partial charge >= 0.3 is 0 Å².